The van der Waals surface area contributed by atoms with E-state index in [2.05, 4.69) is 9.71 Å². The number of benzene rings is 2. The molecule has 0 saturated carbocycles. The number of carbonyl (C=O) groups is 1. The van der Waals surface area contributed by atoms with Gasteiger partial charge in [0.2, 0.25) is 11.3 Å². The molecule has 0 aliphatic heterocycles. The van der Waals surface area contributed by atoms with Gasteiger partial charge in [0.25, 0.3) is 0 Å². The van der Waals surface area contributed by atoms with Crippen molar-refractivity contribution in [2.75, 3.05) is 6.54 Å². The standard InChI is InChI=1S/C20H14ClF2N3O3S/c21-18-12(2-1-5-26-30(28)29)8-15(22)19(23)17(18)20(27)13-3-4-16-14(7-13)6-11(9-24)10-25-16/h3-4,6-8,10,26H,1-2,5H2,(H,28,29). The number of halogens is 3. The molecule has 1 heterocycles. The largest absolute Gasteiger partial charge is 0.294 e. The van der Waals surface area contributed by atoms with Crippen LogP contribution in [0, 0.1) is 23.0 Å². The van der Waals surface area contributed by atoms with E-state index < -0.39 is 34.2 Å². The minimum atomic E-state index is -2.18. The molecule has 1 atom stereocenters. The molecule has 0 amide bonds. The van der Waals surface area contributed by atoms with Gasteiger partial charge in [-0.05, 0) is 48.7 Å². The Morgan fingerprint density at radius 1 is 1.30 bits per heavy atom. The van der Waals surface area contributed by atoms with Gasteiger partial charge in [-0.3, -0.25) is 14.3 Å². The quantitative estimate of drug-likeness (QED) is 0.246. The van der Waals surface area contributed by atoms with Crippen LogP contribution in [0.2, 0.25) is 5.02 Å². The average Bonchev–Trinajstić information content (AvgIpc) is 2.73. The zero-order valence-electron chi connectivity index (χ0n) is 15.3. The van der Waals surface area contributed by atoms with E-state index >= 15 is 0 Å². The third kappa shape index (κ3) is 4.68. The Morgan fingerprint density at radius 3 is 2.77 bits per heavy atom. The number of nitriles is 1. The average molecular weight is 450 g/mol. The Kier molecular flexibility index (Phi) is 6.84. The monoisotopic (exact) mass is 449 g/mol. The lowest BCUT2D eigenvalue weighted by Crippen LogP contribution is -2.18. The van der Waals surface area contributed by atoms with Gasteiger partial charge >= 0.3 is 0 Å². The summed E-state index contributed by atoms with van der Waals surface area (Å²) in [5.41, 5.74) is 0.509. The van der Waals surface area contributed by atoms with Gasteiger partial charge in [-0.2, -0.15) is 5.26 Å². The molecule has 10 heteroatoms. The number of aromatic nitrogens is 1. The summed E-state index contributed by atoms with van der Waals surface area (Å²) in [7, 11) is 0. The van der Waals surface area contributed by atoms with Crippen molar-refractivity contribution >= 4 is 39.6 Å². The van der Waals surface area contributed by atoms with Crippen LogP contribution in [0.4, 0.5) is 8.78 Å². The number of ketones is 1. The van der Waals surface area contributed by atoms with Crippen molar-refractivity contribution in [3.63, 3.8) is 0 Å². The maximum Gasteiger partial charge on any atom is 0.231 e. The molecule has 154 valence electrons. The normalized spacial score (nSPS) is 12.0. The first-order valence-corrected chi connectivity index (χ1v) is 10.2. The lowest BCUT2D eigenvalue weighted by molar-refractivity contribution is 0.103. The number of hydrogen-bond acceptors (Lipinski definition) is 4. The summed E-state index contributed by atoms with van der Waals surface area (Å²) < 4.78 is 50.2. The van der Waals surface area contributed by atoms with E-state index in [4.69, 9.17) is 21.4 Å². The number of aryl methyl sites for hydroxylation is 1. The Hall–Kier alpha value is -2.77. The van der Waals surface area contributed by atoms with Crippen molar-refractivity contribution in [1.82, 2.24) is 9.71 Å². The van der Waals surface area contributed by atoms with Crippen LogP contribution >= 0.6 is 11.6 Å². The van der Waals surface area contributed by atoms with Gasteiger partial charge < -0.3 is 0 Å². The summed E-state index contributed by atoms with van der Waals surface area (Å²) in [6.45, 7) is 0.139. The number of pyridine rings is 1. The van der Waals surface area contributed by atoms with Crippen molar-refractivity contribution in [3.05, 3.63) is 75.4 Å². The third-order valence-corrected chi connectivity index (χ3v) is 5.26. The number of nitrogens with zero attached hydrogens (tertiary/aromatic N) is 2. The molecule has 2 N–H and O–H groups in total. The topological polar surface area (TPSA) is 103 Å². The van der Waals surface area contributed by atoms with Crippen LogP contribution in [0.5, 0.6) is 0 Å². The molecule has 0 radical (unpaired) electrons. The highest BCUT2D eigenvalue weighted by Crippen LogP contribution is 2.30. The van der Waals surface area contributed by atoms with Crippen molar-refractivity contribution in [2.24, 2.45) is 0 Å². The van der Waals surface area contributed by atoms with Crippen LogP contribution in [-0.2, 0) is 17.7 Å². The second-order valence-corrected chi connectivity index (χ2v) is 7.50. The molecule has 0 aliphatic rings. The van der Waals surface area contributed by atoms with Gasteiger partial charge in [0.1, 0.15) is 6.07 Å². The fraction of sp³-hybridized carbons (Fsp3) is 0.150. The molecule has 2 aromatic carbocycles. The Balaban J connectivity index is 1.97. The molecule has 0 saturated heterocycles. The predicted molar refractivity (Wildman–Crippen MR) is 108 cm³/mol. The molecular formula is C20H14ClF2N3O3S. The number of rotatable bonds is 7. The van der Waals surface area contributed by atoms with Crippen molar-refractivity contribution in [3.8, 4) is 6.07 Å². The van der Waals surface area contributed by atoms with Crippen LogP contribution < -0.4 is 4.72 Å². The first-order chi connectivity index (χ1) is 14.3. The smallest absolute Gasteiger partial charge is 0.231 e. The van der Waals surface area contributed by atoms with Crippen LogP contribution in [0.1, 0.15) is 33.5 Å². The molecule has 6 nitrogen and oxygen atoms in total. The highest BCUT2D eigenvalue weighted by Gasteiger charge is 2.24. The van der Waals surface area contributed by atoms with E-state index in [0.717, 1.165) is 6.07 Å². The zero-order valence-corrected chi connectivity index (χ0v) is 16.9. The highest BCUT2D eigenvalue weighted by atomic mass is 35.5. The van der Waals surface area contributed by atoms with Crippen LogP contribution in [0.3, 0.4) is 0 Å². The summed E-state index contributed by atoms with van der Waals surface area (Å²) >= 11 is 4.04. The molecule has 0 bridgehead atoms. The molecule has 3 rings (SSSR count). The van der Waals surface area contributed by atoms with Gasteiger partial charge in [0.05, 0.1) is 21.7 Å². The van der Waals surface area contributed by atoms with E-state index in [1.54, 1.807) is 0 Å². The second-order valence-electron chi connectivity index (χ2n) is 6.34. The molecule has 1 aromatic heterocycles. The molecule has 30 heavy (non-hydrogen) atoms. The highest BCUT2D eigenvalue weighted by molar-refractivity contribution is 7.77. The van der Waals surface area contributed by atoms with Gasteiger partial charge in [0, 0.05) is 23.7 Å². The minimum absolute atomic E-state index is 0.0640. The lowest BCUT2D eigenvalue weighted by atomic mass is 9.97. The number of fused-ring (bicyclic) bond motifs is 1. The Morgan fingerprint density at radius 2 is 2.07 bits per heavy atom. The molecule has 0 spiro atoms. The third-order valence-electron chi connectivity index (χ3n) is 4.38. The second kappa shape index (κ2) is 9.36. The molecule has 3 aromatic rings. The van der Waals surface area contributed by atoms with E-state index in [-0.39, 0.29) is 29.1 Å². The minimum Gasteiger partial charge on any atom is -0.294 e. The summed E-state index contributed by atoms with van der Waals surface area (Å²) in [6, 6.07) is 8.79. The predicted octanol–water partition coefficient (Wildman–Crippen LogP) is 3.93. The van der Waals surface area contributed by atoms with Gasteiger partial charge in [-0.15, -0.1) is 0 Å². The van der Waals surface area contributed by atoms with Crippen LogP contribution in [0.15, 0.2) is 36.5 Å². The van der Waals surface area contributed by atoms with Crippen LogP contribution in [0.25, 0.3) is 10.9 Å². The molecule has 0 aliphatic carbocycles. The fourth-order valence-electron chi connectivity index (χ4n) is 2.95. The number of nitrogens with one attached hydrogen (secondary N) is 1. The van der Waals surface area contributed by atoms with E-state index in [0.29, 0.717) is 22.9 Å². The maximum absolute atomic E-state index is 14.5. The van der Waals surface area contributed by atoms with Gasteiger partial charge in [0.15, 0.2) is 17.4 Å². The SMILES string of the molecule is N#Cc1cnc2ccc(C(=O)c3c(F)c(F)cc(CCCNS(=O)O)c3Cl)cc2c1. The fourth-order valence-corrected chi connectivity index (χ4v) is 3.59. The Bertz CT molecular complexity index is 1210. The first-order valence-electron chi connectivity index (χ1n) is 8.67. The molecule has 1 unspecified atom stereocenters. The van der Waals surface area contributed by atoms with Crippen LogP contribution in [-0.4, -0.2) is 26.1 Å². The Labute approximate surface area is 177 Å². The van der Waals surface area contributed by atoms with Gasteiger partial charge in [-0.1, -0.05) is 11.6 Å². The van der Waals surface area contributed by atoms with Crippen molar-refractivity contribution in [2.45, 2.75) is 12.8 Å². The lowest BCUT2D eigenvalue weighted by Gasteiger charge is -2.12. The summed E-state index contributed by atoms with van der Waals surface area (Å²) in [4.78, 5) is 17.1. The van der Waals surface area contributed by atoms with Crippen molar-refractivity contribution < 1.29 is 22.3 Å². The molecule has 0 fully saturated rings. The maximum atomic E-state index is 14.5. The van der Waals surface area contributed by atoms with Crippen molar-refractivity contribution in [1.29, 1.82) is 5.26 Å². The number of carbonyl (C=O) groups excluding carboxylic acids is 1. The summed E-state index contributed by atoms with van der Waals surface area (Å²) in [5, 5.41) is 9.29. The first kappa shape index (κ1) is 21.9. The zero-order chi connectivity index (χ0) is 21.8. The van der Waals surface area contributed by atoms with E-state index in [9.17, 15) is 17.8 Å². The molecular weight excluding hydrogens is 436 g/mol. The van der Waals surface area contributed by atoms with E-state index in [1.165, 1.54) is 30.5 Å². The van der Waals surface area contributed by atoms with Gasteiger partial charge in [-0.25, -0.2) is 17.7 Å². The number of hydrogen-bond donors (Lipinski definition) is 2. The van der Waals surface area contributed by atoms with E-state index in [1.807, 2.05) is 6.07 Å². The summed E-state index contributed by atoms with van der Waals surface area (Å²) in [5.74, 6) is -3.38. The summed E-state index contributed by atoms with van der Waals surface area (Å²) in [6.07, 6.45) is 1.86.